The smallest absolute Gasteiger partial charge is 0.309 e. The summed E-state index contributed by atoms with van der Waals surface area (Å²) in [7, 11) is 0. The lowest BCUT2D eigenvalue weighted by Crippen LogP contribution is -2.19. The van der Waals surface area contributed by atoms with Gasteiger partial charge in [-0.2, -0.15) is 5.10 Å². The summed E-state index contributed by atoms with van der Waals surface area (Å²) in [4.78, 5) is 12.0. The van der Waals surface area contributed by atoms with Gasteiger partial charge in [0.25, 0.3) is 0 Å². The van der Waals surface area contributed by atoms with E-state index in [1.807, 2.05) is 23.9 Å². The van der Waals surface area contributed by atoms with E-state index in [4.69, 9.17) is 21.1 Å². The molecule has 2 aliphatic rings. The molecule has 0 N–H and O–H groups in total. The third kappa shape index (κ3) is 3.09. The van der Waals surface area contributed by atoms with Crippen molar-refractivity contribution in [3.63, 3.8) is 0 Å². The summed E-state index contributed by atoms with van der Waals surface area (Å²) < 4.78 is 13.8. The first-order chi connectivity index (χ1) is 12.1. The molecular weight excluding hydrogens is 408 g/mol. The zero-order chi connectivity index (χ0) is 17.6. The molecule has 1 saturated carbocycles. The molecule has 3 atom stereocenters. The molecule has 25 heavy (non-hydrogen) atoms. The van der Waals surface area contributed by atoms with Crippen LogP contribution in [0.4, 0.5) is 0 Å². The van der Waals surface area contributed by atoms with E-state index >= 15 is 0 Å². The van der Waals surface area contributed by atoms with E-state index in [1.165, 1.54) is 0 Å². The number of hydrogen-bond acceptors (Lipinski definition) is 4. The Morgan fingerprint density at radius 1 is 1.52 bits per heavy atom. The van der Waals surface area contributed by atoms with Crippen LogP contribution in [0.25, 0.3) is 10.9 Å². The van der Waals surface area contributed by atoms with Crippen LogP contribution < -0.4 is 0 Å². The molecule has 1 saturated heterocycles. The number of fused-ring (bicyclic) bond motifs is 1. The van der Waals surface area contributed by atoms with Crippen LogP contribution in [0.2, 0.25) is 5.02 Å². The van der Waals surface area contributed by atoms with Crippen molar-refractivity contribution in [3.05, 3.63) is 27.3 Å². The number of benzene rings is 1. The van der Waals surface area contributed by atoms with Gasteiger partial charge in [0.1, 0.15) is 0 Å². The van der Waals surface area contributed by atoms with Crippen molar-refractivity contribution in [1.29, 1.82) is 0 Å². The Morgan fingerprint density at radius 2 is 2.36 bits per heavy atom. The van der Waals surface area contributed by atoms with Gasteiger partial charge < -0.3 is 9.47 Å². The molecule has 0 bridgehead atoms. The Kier molecular flexibility index (Phi) is 4.77. The van der Waals surface area contributed by atoms with Gasteiger partial charge in [0, 0.05) is 27.4 Å². The normalized spacial score (nSPS) is 26.0. The predicted octanol–water partition coefficient (Wildman–Crippen LogP) is 4.82. The number of nitrogens with zero attached hydrogens (tertiary/aromatic N) is 2. The first-order valence-corrected chi connectivity index (χ1v) is 9.92. The first-order valence-electron chi connectivity index (χ1n) is 8.75. The number of halogens is 2. The average molecular weight is 428 g/mol. The fraction of sp³-hybridized carbons (Fsp3) is 0.556. The van der Waals surface area contributed by atoms with Crippen molar-refractivity contribution >= 4 is 44.4 Å². The van der Waals surface area contributed by atoms with E-state index in [1.54, 1.807) is 0 Å². The highest BCUT2D eigenvalue weighted by molar-refractivity contribution is 9.10. The number of carbonyl (C=O) groups excluding carboxylic acids is 1. The molecule has 1 aromatic carbocycles. The van der Waals surface area contributed by atoms with Crippen LogP contribution in [-0.4, -0.2) is 29.0 Å². The highest BCUT2D eigenvalue weighted by Gasteiger charge is 2.47. The summed E-state index contributed by atoms with van der Waals surface area (Å²) >= 11 is 10.3. The third-order valence-electron chi connectivity index (χ3n) is 5.01. The second kappa shape index (κ2) is 6.89. The molecule has 4 rings (SSSR count). The van der Waals surface area contributed by atoms with E-state index < -0.39 is 0 Å². The lowest BCUT2D eigenvalue weighted by atomic mass is 10.1. The summed E-state index contributed by atoms with van der Waals surface area (Å²) in [6.45, 7) is 3.00. The molecule has 2 fully saturated rings. The van der Waals surface area contributed by atoms with E-state index in [-0.39, 0.29) is 24.0 Å². The quantitative estimate of drug-likeness (QED) is 0.657. The molecule has 5 nitrogen and oxygen atoms in total. The third-order valence-corrected chi connectivity index (χ3v) is 6.17. The molecule has 0 radical (unpaired) electrons. The molecule has 1 aliphatic carbocycles. The molecule has 134 valence electrons. The largest absolute Gasteiger partial charge is 0.466 e. The Hall–Kier alpha value is -1.11. The van der Waals surface area contributed by atoms with E-state index in [2.05, 4.69) is 21.0 Å². The minimum absolute atomic E-state index is 0.0340. The second-order valence-corrected chi connectivity index (χ2v) is 7.83. The van der Waals surface area contributed by atoms with Gasteiger partial charge in [-0.05, 0) is 60.2 Å². The van der Waals surface area contributed by atoms with Gasteiger partial charge in [0.2, 0.25) is 0 Å². The summed E-state index contributed by atoms with van der Waals surface area (Å²) in [6, 6.07) is 1.95. The zero-order valence-electron chi connectivity index (χ0n) is 14.0. The molecule has 0 unspecified atom stereocenters. The van der Waals surface area contributed by atoms with Crippen molar-refractivity contribution in [2.45, 2.75) is 44.8 Å². The molecule has 2 aromatic rings. The van der Waals surface area contributed by atoms with Crippen molar-refractivity contribution in [2.75, 3.05) is 13.2 Å². The van der Waals surface area contributed by atoms with E-state index in [9.17, 15) is 4.79 Å². The van der Waals surface area contributed by atoms with Crippen LogP contribution in [0.5, 0.6) is 0 Å². The Morgan fingerprint density at radius 3 is 3.08 bits per heavy atom. The van der Waals surface area contributed by atoms with Crippen molar-refractivity contribution < 1.29 is 14.3 Å². The molecule has 2 heterocycles. The van der Waals surface area contributed by atoms with Crippen LogP contribution in [0.1, 0.15) is 50.3 Å². The topological polar surface area (TPSA) is 53.3 Å². The molecule has 1 aliphatic heterocycles. The van der Waals surface area contributed by atoms with Crippen LogP contribution in [0, 0.1) is 5.92 Å². The Bertz CT molecular complexity index is 816. The van der Waals surface area contributed by atoms with Crippen molar-refractivity contribution in [1.82, 2.24) is 9.78 Å². The van der Waals surface area contributed by atoms with Gasteiger partial charge in [0.15, 0.2) is 6.23 Å². The minimum atomic E-state index is -0.137. The highest BCUT2D eigenvalue weighted by Crippen LogP contribution is 2.54. The zero-order valence-corrected chi connectivity index (χ0v) is 16.3. The summed E-state index contributed by atoms with van der Waals surface area (Å²) in [5, 5.41) is 6.20. The number of aromatic nitrogens is 2. The van der Waals surface area contributed by atoms with E-state index in [0.29, 0.717) is 11.6 Å². The monoisotopic (exact) mass is 426 g/mol. The lowest BCUT2D eigenvalue weighted by molar-refractivity contribution is -0.144. The minimum Gasteiger partial charge on any atom is -0.466 e. The van der Waals surface area contributed by atoms with Crippen LogP contribution in [0.15, 0.2) is 16.7 Å². The van der Waals surface area contributed by atoms with Gasteiger partial charge in [0.05, 0.1) is 24.2 Å². The number of hydrogen-bond donors (Lipinski definition) is 0. The Labute approximate surface area is 159 Å². The average Bonchev–Trinajstić information content (AvgIpc) is 3.27. The van der Waals surface area contributed by atoms with Gasteiger partial charge in [-0.1, -0.05) is 11.6 Å². The number of rotatable bonds is 4. The predicted molar refractivity (Wildman–Crippen MR) is 98.8 cm³/mol. The first kappa shape index (κ1) is 17.3. The van der Waals surface area contributed by atoms with E-state index in [0.717, 1.165) is 53.2 Å². The van der Waals surface area contributed by atoms with Gasteiger partial charge >= 0.3 is 5.97 Å². The highest BCUT2D eigenvalue weighted by atomic mass is 79.9. The SMILES string of the molecule is CCOC(=O)[C@H]1C[C@H]1c1c(Cl)cc2c(cnn2[C@H]2CCCCO2)c1Br. The molecule has 0 spiro atoms. The van der Waals surface area contributed by atoms with Crippen LogP contribution in [0.3, 0.4) is 0 Å². The molecule has 7 heteroatoms. The van der Waals surface area contributed by atoms with Crippen LogP contribution in [-0.2, 0) is 14.3 Å². The fourth-order valence-electron chi connectivity index (χ4n) is 3.64. The summed E-state index contributed by atoms with van der Waals surface area (Å²) in [5.41, 5.74) is 1.94. The number of ether oxygens (including phenoxy) is 2. The summed E-state index contributed by atoms with van der Waals surface area (Å²) in [5.74, 6) is -0.121. The maximum atomic E-state index is 12.0. The lowest BCUT2D eigenvalue weighted by Gasteiger charge is -2.23. The van der Waals surface area contributed by atoms with Gasteiger partial charge in [-0.15, -0.1) is 0 Å². The summed E-state index contributed by atoms with van der Waals surface area (Å²) in [6.07, 6.45) is 5.79. The van der Waals surface area contributed by atoms with Crippen LogP contribution >= 0.6 is 27.5 Å². The standard InChI is InChI=1S/C18H20BrClN2O3/c1-2-24-18(23)11-7-10(11)16-13(20)8-14-12(17(16)19)9-21-22(14)15-5-3-4-6-25-15/h8-11,15H,2-7H2,1H3/t10-,11+,15-/m1/s1. The number of carbonyl (C=O) groups is 1. The molecule has 0 amide bonds. The number of esters is 1. The van der Waals surface area contributed by atoms with Gasteiger partial charge in [-0.25, -0.2) is 4.68 Å². The maximum Gasteiger partial charge on any atom is 0.309 e. The fourth-order valence-corrected chi connectivity index (χ4v) is 4.91. The maximum absolute atomic E-state index is 12.0. The van der Waals surface area contributed by atoms with Crippen molar-refractivity contribution in [3.8, 4) is 0 Å². The molecular formula is C18H20BrClN2O3. The Balaban J connectivity index is 1.68. The van der Waals surface area contributed by atoms with Gasteiger partial charge in [-0.3, -0.25) is 4.79 Å². The second-order valence-electron chi connectivity index (χ2n) is 6.63. The van der Waals surface area contributed by atoms with Crippen molar-refractivity contribution in [2.24, 2.45) is 5.92 Å². The molecule has 1 aromatic heterocycles.